The minimum atomic E-state index is -0.838. The highest BCUT2D eigenvalue weighted by atomic mass is 32.1. The SMILES string of the molecule is C=C(NCC(=O)OCC)[C@H](CS)NC(=O)CC[C@H](N)C(=O)OCC. The van der Waals surface area contributed by atoms with Gasteiger partial charge in [0.05, 0.1) is 19.3 Å². The van der Waals surface area contributed by atoms with Crippen LogP contribution in [-0.2, 0) is 23.9 Å². The van der Waals surface area contributed by atoms with Crippen LogP contribution in [0.1, 0.15) is 26.7 Å². The molecule has 0 rings (SSSR count). The molecule has 0 aliphatic rings. The molecule has 4 N–H and O–H groups in total. The first-order chi connectivity index (χ1) is 11.3. The Morgan fingerprint density at radius 3 is 2.38 bits per heavy atom. The minimum Gasteiger partial charge on any atom is -0.465 e. The smallest absolute Gasteiger partial charge is 0.325 e. The maximum absolute atomic E-state index is 11.9. The van der Waals surface area contributed by atoms with Crippen molar-refractivity contribution in [2.45, 2.75) is 38.8 Å². The maximum Gasteiger partial charge on any atom is 0.325 e. The number of ether oxygens (including phenoxy) is 2. The second-order valence-electron chi connectivity index (χ2n) is 4.88. The summed E-state index contributed by atoms with van der Waals surface area (Å²) in [7, 11) is 0. The summed E-state index contributed by atoms with van der Waals surface area (Å²) in [5, 5.41) is 5.50. The molecule has 0 aliphatic carbocycles. The lowest BCUT2D eigenvalue weighted by Gasteiger charge is -2.20. The number of hydrogen-bond acceptors (Lipinski definition) is 8. The van der Waals surface area contributed by atoms with Gasteiger partial charge >= 0.3 is 11.9 Å². The van der Waals surface area contributed by atoms with Crippen molar-refractivity contribution >= 4 is 30.5 Å². The molecule has 0 fully saturated rings. The van der Waals surface area contributed by atoms with Crippen LogP contribution in [0, 0.1) is 0 Å². The van der Waals surface area contributed by atoms with Gasteiger partial charge < -0.3 is 25.8 Å². The van der Waals surface area contributed by atoms with Crippen molar-refractivity contribution in [3.05, 3.63) is 12.3 Å². The molecule has 138 valence electrons. The highest BCUT2D eigenvalue weighted by Crippen LogP contribution is 2.02. The average Bonchev–Trinajstić information content (AvgIpc) is 2.55. The largest absolute Gasteiger partial charge is 0.465 e. The van der Waals surface area contributed by atoms with E-state index in [0.717, 1.165) is 0 Å². The van der Waals surface area contributed by atoms with Gasteiger partial charge in [-0.1, -0.05) is 6.58 Å². The first kappa shape index (κ1) is 22.3. The molecule has 0 unspecified atom stereocenters. The van der Waals surface area contributed by atoms with Gasteiger partial charge in [0.2, 0.25) is 5.91 Å². The van der Waals surface area contributed by atoms with Gasteiger partial charge in [0.1, 0.15) is 12.6 Å². The van der Waals surface area contributed by atoms with Crippen molar-refractivity contribution < 1.29 is 23.9 Å². The number of thiol groups is 1. The van der Waals surface area contributed by atoms with Crippen LogP contribution in [0.15, 0.2) is 12.3 Å². The topological polar surface area (TPSA) is 120 Å². The number of carbonyl (C=O) groups excluding carboxylic acids is 3. The predicted molar refractivity (Wildman–Crippen MR) is 93.4 cm³/mol. The summed E-state index contributed by atoms with van der Waals surface area (Å²) in [5.74, 6) is -0.947. The molecule has 0 saturated heterocycles. The third kappa shape index (κ3) is 9.41. The van der Waals surface area contributed by atoms with Gasteiger partial charge in [-0.2, -0.15) is 12.6 Å². The van der Waals surface area contributed by atoms with Gasteiger partial charge in [-0.15, -0.1) is 0 Å². The first-order valence-corrected chi connectivity index (χ1v) is 8.39. The lowest BCUT2D eigenvalue weighted by Crippen LogP contribution is -2.43. The fraction of sp³-hybridized carbons (Fsp3) is 0.667. The van der Waals surface area contributed by atoms with E-state index in [4.69, 9.17) is 15.2 Å². The number of amides is 1. The Hall–Kier alpha value is -1.74. The molecular weight excluding hydrogens is 334 g/mol. The number of carbonyl (C=O) groups is 3. The summed E-state index contributed by atoms with van der Waals surface area (Å²) in [6.07, 6.45) is 0.238. The number of nitrogens with one attached hydrogen (secondary N) is 2. The van der Waals surface area contributed by atoms with Gasteiger partial charge in [0, 0.05) is 17.9 Å². The van der Waals surface area contributed by atoms with Crippen LogP contribution in [0.25, 0.3) is 0 Å². The highest BCUT2D eigenvalue weighted by Gasteiger charge is 2.19. The van der Waals surface area contributed by atoms with Gasteiger partial charge in [0.25, 0.3) is 0 Å². The molecule has 0 saturated carbocycles. The van der Waals surface area contributed by atoms with Crippen molar-refractivity contribution in [3.8, 4) is 0 Å². The zero-order valence-corrected chi connectivity index (χ0v) is 15.1. The quantitative estimate of drug-likeness (QED) is 0.279. The molecule has 0 aromatic carbocycles. The average molecular weight is 361 g/mol. The summed E-state index contributed by atoms with van der Waals surface area (Å²) < 4.78 is 9.56. The highest BCUT2D eigenvalue weighted by molar-refractivity contribution is 7.80. The van der Waals surface area contributed by atoms with Gasteiger partial charge in [-0.05, 0) is 20.3 Å². The molecule has 0 heterocycles. The monoisotopic (exact) mass is 361 g/mol. The molecule has 0 aliphatic heterocycles. The van der Waals surface area contributed by atoms with Gasteiger partial charge in [0.15, 0.2) is 0 Å². The molecule has 0 aromatic heterocycles. The van der Waals surface area contributed by atoms with Crippen molar-refractivity contribution in [3.63, 3.8) is 0 Å². The van der Waals surface area contributed by atoms with Crippen LogP contribution in [-0.4, -0.2) is 55.4 Å². The Labute approximate surface area is 147 Å². The molecular formula is C15H27N3O5S. The van der Waals surface area contributed by atoms with Gasteiger partial charge in [-0.3, -0.25) is 14.4 Å². The van der Waals surface area contributed by atoms with E-state index >= 15 is 0 Å². The van der Waals surface area contributed by atoms with E-state index in [-0.39, 0.29) is 31.9 Å². The Morgan fingerprint density at radius 2 is 1.83 bits per heavy atom. The summed E-state index contributed by atoms with van der Waals surface area (Å²) in [5.41, 5.74) is 6.08. The summed E-state index contributed by atoms with van der Waals surface area (Å²) >= 11 is 4.15. The van der Waals surface area contributed by atoms with E-state index in [0.29, 0.717) is 18.1 Å². The van der Waals surface area contributed by atoms with Crippen LogP contribution in [0.5, 0.6) is 0 Å². The van der Waals surface area contributed by atoms with Crippen molar-refractivity contribution in [2.75, 3.05) is 25.5 Å². The second kappa shape index (κ2) is 12.7. The van der Waals surface area contributed by atoms with Crippen molar-refractivity contribution in [2.24, 2.45) is 5.73 Å². The van der Waals surface area contributed by atoms with Gasteiger partial charge in [-0.25, -0.2) is 0 Å². The molecule has 1 amide bonds. The summed E-state index contributed by atoms with van der Waals surface area (Å²) in [4.78, 5) is 34.6. The normalized spacial score (nSPS) is 12.7. The third-order valence-corrected chi connectivity index (χ3v) is 3.34. The number of esters is 2. The molecule has 8 nitrogen and oxygen atoms in total. The molecule has 0 spiro atoms. The Bertz CT molecular complexity index is 445. The van der Waals surface area contributed by atoms with Crippen LogP contribution in [0.4, 0.5) is 0 Å². The lowest BCUT2D eigenvalue weighted by molar-refractivity contribution is -0.145. The van der Waals surface area contributed by atoms with E-state index < -0.39 is 24.0 Å². The number of hydrogen-bond donors (Lipinski definition) is 4. The first-order valence-electron chi connectivity index (χ1n) is 7.76. The zero-order valence-electron chi connectivity index (χ0n) is 14.2. The Kier molecular flexibility index (Phi) is 11.7. The molecule has 0 bridgehead atoms. The molecule has 0 radical (unpaired) electrons. The summed E-state index contributed by atoms with van der Waals surface area (Å²) in [6.45, 7) is 7.67. The van der Waals surface area contributed by atoms with Crippen LogP contribution in [0.2, 0.25) is 0 Å². The third-order valence-electron chi connectivity index (χ3n) is 2.98. The Morgan fingerprint density at radius 1 is 1.21 bits per heavy atom. The van der Waals surface area contributed by atoms with E-state index in [1.54, 1.807) is 13.8 Å². The zero-order chi connectivity index (χ0) is 18.5. The lowest BCUT2D eigenvalue weighted by atomic mass is 10.1. The van der Waals surface area contributed by atoms with E-state index in [9.17, 15) is 14.4 Å². The fourth-order valence-corrected chi connectivity index (χ4v) is 2.00. The minimum absolute atomic E-state index is 0.0411. The van der Waals surface area contributed by atoms with Crippen LogP contribution >= 0.6 is 12.6 Å². The molecule has 2 atom stereocenters. The number of rotatable bonds is 12. The van der Waals surface area contributed by atoms with E-state index in [1.165, 1.54) is 0 Å². The Balaban J connectivity index is 4.25. The molecule has 0 aromatic rings. The van der Waals surface area contributed by atoms with Crippen molar-refractivity contribution in [1.29, 1.82) is 0 Å². The van der Waals surface area contributed by atoms with Crippen LogP contribution < -0.4 is 16.4 Å². The maximum atomic E-state index is 11.9. The molecule has 24 heavy (non-hydrogen) atoms. The summed E-state index contributed by atoms with van der Waals surface area (Å²) in [6, 6.07) is -1.30. The standard InChI is InChI=1S/C15H27N3O5S/c1-4-22-14(20)8-17-10(3)12(9-24)18-13(19)7-6-11(16)15(21)23-5-2/h11-12,17,24H,3-9,16H2,1-2H3,(H,18,19)/t11-,12-/m0/s1. The molecule has 9 heteroatoms. The van der Waals surface area contributed by atoms with E-state index in [2.05, 4.69) is 29.8 Å². The van der Waals surface area contributed by atoms with E-state index in [1.807, 2.05) is 0 Å². The predicted octanol–water partition coefficient (Wildman–Crippen LogP) is -0.262. The van der Waals surface area contributed by atoms with Crippen molar-refractivity contribution in [1.82, 2.24) is 10.6 Å². The second-order valence-corrected chi connectivity index (χ2v) is 5.25. The fourth-order valence-electron chi connectivity index (χ4n) is 1.68. The van der Waals surface area contributed by atoms with Crippen LogP contribution in [0.3, 0.4) is 0 Å². The number of nitrogens with two attached hydrogens (primary N) is 1.